The monoisotopic (exact) mass is 240 g/mol. The van der Waals surface area contributed by atoms with Crippen molar-refractivity contribution in [1.29, 1.82) is 0 Å². The standard InChI is InChI=1S/C8H17I/c1-3-4-5-6-7-8(2)9/h8H,3-7H2,1-2H3/t8-/m1/s1. The van der Waals surface area contributed by atoms with E-state index in [1.54, 1.807) is 0 Å². The molecule has 0 aliphatic carbocycles. The molecule has 0 aromatic rings. The Bertz CT molecular complexity index is 50.5. The first-order valence-corrected chi connectivity index (χ1v) is 5.16. The second-order valence-corrected chi connectivity index (χ2v) is 4.76. The Morgan fingerprint density at radius 1 is 1.22 bits per heavy atom. The Kier molecular flexibility index (Phi) is 7.40. The van der Waals surface area contributed by atoms with Gasteiger partial charge in [-0.2, -0.15) is 0 Å². The lowest BCUT2D eigenvalue weighted by Gasteiger charge is -2.00. The molecular weight excluding hydrogens is 223 g/mol. The van der Waals surface area contributed by atoms with Crippen LogP contribution in [0.4, 0.5) is 0 Å². The van der Waals surface area contributed by atoms with Crippen molar-refractivity contribution in [3.63, 3.8) is 0 Å². The fourth-order valence-electron chi connectivity index (χ4n) is 0.852. The fourth-order valence-corrected chi connectivity index (χ4v) is 1.29. The summed E-state index contributed by atoms with van der Waals surface area (Å²) >= 11 is 2.49. The number of unbranched alkanes of at least 4 members (excludes halogenated alkanes) is 3. The largest absolute Gasteiger partial charge is 0.0829 e. The predicted octanol–water partition coefficient (Wildman–Crippen LogP) is 3.78. The van der Waals surface area contributed by atoms with Crippen LogP contribution < -0.4 is 0 Å². The van der Waals surface area contributed by atoms with Crippen LogP contribution in [-0.2, 0) is 0 Å². The summed E-state index contributed by atoms with van der Waals surface area (Å²) in [5.74, 6) is 0. The molecule has 0 spiro atoms. The minimum atomic E-state index is 0.874. The Balaban J connectivity index is 2.75. The van der Waals surface area contributed by atoms with Crippen molar-refractivity contribution >= 4 is 22.6 Å². The lowest BCUT2D eigenvalue weighted by Crippen LogP contribution is -1.88. The number of rotatable bonds is 5. The van der Waals surface area contributed by atoms with Gasteiger partial charge in [0.25, 0.3) is 0 Å². The number of halogens is 1. The van der Waals surface area contributed by atoms with Gasteiger partial charge in [-0.25, -0.2) is 0 Å². The highest BCUT2D eigenvalue weighted by Gasteiger charge is 1.93. The first kappa shape index (κ1) is 9.73. The molecule has 0 heterocycles. The van der Waals surface area contributed by atoms with Gasteiger partial charge in [0, 0.05) is 3.92 Å². The van der Waals surface area contributed by atoms with Crippen LogP contribution in [0.25, 0.3) is 0 Å². The zero-order chi connectivity index (χ0) is 7.11. The van der Waals surface area contributed by atoms with E-state index in [2.05, 4.69) is 36.4 Å². The number of hydrogen-bond donors (Lipinski definition) is 0. The molecule has 0 bridgehead atoms. The lowest BCUT2D eigenvalue weighted by molar-refractivity contribution is 0.637. The van der Waals surface area contributed by atoms with Crippen LogP contribution >= 0.6 is 22.6 Å². The Morgan fingerprint density at radius 3 is 2.33 bits per heavy atom. The molecule has 0 saturated heterocycles. The molecule has 0 aliphatic heterocycles. The van der Waals surface area contributed by atoms with E-state index in [9.17, 15) is 0 Å². The zero-order valence-electron chi connectivity index (χ0n) is 6.49. The highest BCUT2D eigenvalue weighted by atomic mass is 127. The molecule has 0 aromatic heterocycles. The summed E-state index contributed by atoms with van der Waals surface area (Å²) in [5, 5.41) is 0. The summed E-state index contributed by atoms with van der Waals surface area (Å²) in [6.07, 6.45) is 7.04. The van der Waals surface area contributed by atoms with Gasteiger partial charge in [0.2, 0.25) is 0 Å². The van der Waals surface area contributed by atoms with Gasteiger partial charge >= 0.3 is 0 Å². The van der Waals surface area contributed by atoms with Crippen LogP contribution in [-0.4, -0.2) is 3.92 Å². The topological polar surface area (TPSA) is 0 Å². The second kappa shape index (κ2) is 6.84. The molecule has 0 saturated carbocycles. The van der Waals surface area contributed by atoms with E-state index in [1.807, 2.05) is 0 Å². The highest BCUT2D eigenvalue weighted by Crippen LogP contribution is 2.10. The van der Waals surface area contributed by atoms with Gasteiger partial charge in [-0.05, 0) is 6.42 Å². The molecule has 0 aromatic carbocycles. The average molecular weight is 240 g/mol. The maximum atomic E-state index is 2.49. The Hall–Kier alpha value is 0.730. The average Bonchev–Trinajstić information content (AvgIpc) is 1.80. The van der Waals surface area contributed by atoms with Crippen LogP contribution in [0.3, 0.4) is 0 Å². The summed E-state index contributed by atoms with van der Waals surface area (Å²) in [6, 6.07) is 0. The van der Waals surface area contributed by atoms with Gasteiger partial charge in [0.1, 0.15) is 0 Å². The van der Waals surface area contributed by atoms with Gasteiger partial charge in [0.05, 0.1) is 0 Å². The van der Waals surface area contributed by atoms with Crippen LogP contribution in [0.1, 0.15) is 46.0 Å². The lowest BCUT2D eigenvalue weighted by atomic mass is 10.1. The van der Waals surface area contributed by atoms with Crippen LogP contribution in [0.2, 0.25) is 0 Å². The van der Waals surface area contributed by atoms with E-state index in [0.29, 0.717) is 0 Å². The van der Waals surface area contributed by atoms with Crippen molar-refractivity contribution in [2.75, 3.05) is 0 Å². The minimum absolute atomic E-state index is 0.874. The van der Waals surface area contributed by atoms with Crippen molar-refractivity contribution in [3.8, 4) is 0 Å². The molecular formula is C8H17I. The molecule has 0 amide bonds. The van der Waals surface area contributed by atoms with Crippen LogP contribution in [0, 0.1) is 0 Å². The zero-order valence-corrected chi connectivity index (χ0v) is 8.65. The summed E-state index contributed by atoms with van der Waals surface area (Å²) in [5.41, 5.74) is 0. The third-order valence-electron chi connectivity index (χ3n) is 1.46. The summed E-state index contributed by atoms with van der Waals surface area (Å²) in [4.78, 5) is 0. The van der Waals surface area contributed by atoms with Gasteiger partial charge in [-0.1, -0.05) is 62.1 Å². The van der Waals surface area contributed by atoms with E-state index in [0.717, 1.165) is 3.92 Å². The maximum absolute atomic E-state index is 2.49. The first-order valence-electron chi connectivity index (χ1n) is 3.91. The van der Waals surface area contributed by atoms with Crippen molar-refractivity contribution in [2.24, 2.45) is 0 Å². The molecule has 1 heteroatoms. The van der Waals surface area contributed by atoms with Gasteiger partial charge in [-0.15, -0.1) is 0 Å². The molecule has 0 unspecified atom stereocenters. The molecule has 1 atom stereocenters. The quantitative estimate of drug-likeness (QED) is 0.389. The normalized spacial score (nSPS) is 13.7. The molecule has 0 nitrogen and oxygen atoms in total. The van der Waals surface area contributed by atoms with Crippen molar-refractivity contribution < 1.29 is 0 Å². The third-order valence-corrected chi connectivity index (χ3v) is 2.08. The number of alkyl halides is 1. The molecule has 0 radical (unpaired) electrons. The molecule has 0 aliphatic rings. The van der Waals surface area contributed by atoms with Crippen LogP contribution in [0.15, 0.2) is 0 Å². The van der Waals surface area contributed by atoms with Gasteiger partial charge in [-0.3, -0.25) is 0 Å². The third kappa shape index (κ3) is 8.73. The Labute approximate surface area is 72.6 Å². The van der Waals surface area contributed by atoms with Gasteiger partial charge < -0.3 is 0 Å². The predicted molar refractivity (Wildman–Crippen MR) is 52.2 cm³/mol. The van der Waals surface area contributed by atoms with Crippen molar-refractivity contribution in [2.45, 2.75) is 49.9 Å². The van der Waals surface area contributed by atoms with Crippen molar-refractivity contribution in [3.05, 3.63) is 0 Å². The molecule has 9 heavy (non-hydrogen) atoms. The van der Waals surface area contributed by atoms with E-state index < -0.39 is 0 Å². The van der Waals surface area contributed by atoms with E-state index in [-0.39, 0.29) is 0 Å². The van der Waals surface area contributed by atoms with E-state index in [1.165, 1.54) is 32.1 Å². The molecule has 0 fully saturated rings. The van der Waals surface area contributed by atoms with E-state index >= 15 is 0 Å². The SMILES string of the molecule is CCCCCC[C@@H](C)I. The second-order valence-electron chi connectivity index (χ2n) is 2.63. The summed E-state index contributed by atoms with van der Waals surface area (Å²) in [6.45, 7) is 4.54. The smallest absolute Gasteiger partial charge is 0.00813 e. The molecule has 56 valence electrons. The Morgan fingerprint density at radius 2 is 1.89 bits per heavy atom. The summed E-state index contributed by atoms with van der Waals surface area (Å²) < 4.78 is 0.874. The van der Waals surface area contributed by atoms with Gasteiger partial charge in [0.15, 0.2) is 0 Å². The minimum Gasteiger partial charge on any atom is -0.0829 e. The maximum Gasteiger partial charge on any atom is 0.00813 e. The molecule has 0 N–H and O–H groups in total. The van der Waals surface area contributed by atoms with Crippen LogP contribution in [0.5, 0.6) is 0 Å². The van der Waals surface area contributed by atoms with E-state index in [4.69, 9.17) is 0 Å². The number of hydrogen-bond acceptors (Lipinski definition) is 0. The first-order chi connectivity index (χ1) is 4.27. The molecule has 0 rings (SSSR count). The fraction of sp³-hybridized carbons (Fsp3) is 1.00. The van der Waals surface area contributed by atoms with Crippen molar-refractivity contribution in [1.82, 2.24) is 0 Å². The highest BCUT2D eigenvalue weighted by molar-refractivity contribution is 14.1. The summed E-state index contributed by atoms with van der Waals surface area (Å²) in [7, 11) is 0.